The van der Waals surface area contributed by atoms with Crippen LogP contribution in [0.3, 0.4) is 0 Å². The lowest BCUT2D eigenvalue weighted by molar-refractivity contribution is 0.433. The summed E-state index contributed by atoms with van der Waals surface area (Å²) in [5.74, 6) is 0.478. The molecule has 0 amide bonds. The third kappa shape index (κ3) is 3.42. The third-order valence-corrected chi connectivity index (χ3v) is 3.52. The van der Waals surface area contributed by atoms with Gasteiger partial charge in [-0.3, -0.25) is 0 Å². The molecular weight excluding hydrogens is 265 g/mol. The maximum absolute atomic E-state index is 13.9. The number of halogens is 1. The number of para-hydroxylation sites is 1. The lowest BCUT2D eigenvalue weighted by atomic mass is 9.86. The maximum atomic E-state index is 13.9. The Hall–Kier alpha value is -1.87. The van der Waals surface area contributed by atoms with E-state index in [9.17, 15) is 4.39 Å². The zero-order valence-corrected chi connectivity index (χ0v) is 13.0. The van der Waals surface area contributed by atoms with Crippen molar-refractivity contribution in [3.63, 3.8) is 0 Å². The predicted octanol–water partition coefficient (Wildman–Crippen LogP) is 4.68. The highest BCUT2D eigenvalue weighted by atomic mass is 19.1. The van der Waals surface area contributed by atoms with Crippen molar-refractivity contribution < 1.29 is 9.13 Å². The smallest absolute Gasteiger partial charge is 0.167 e. The SMILES string of the molecule is Cc1cc(C(C)(C)C)ccc1Oc1c(F)cccc1CN. The topological polar surface area (TPSA) is 35.2 Å². The molecule has 0 aliphatic heterocycles. The minimum atomic E-state index is -0.391. The molecule has 2 N–H and O–H groups in total. The van der Waals surface area contributed by atoms with Gasteiger partial charge in [0, 0.05) is 12.1 Å². The number of hydrogen-bond donors (Lipinski definition) is 1. The summed E-state index contributed by atoms with van der Waals surface area (Å²) in [7, 11) is 0. The quantitative estimate of drug-likeness (QED) is 0.889. The average molecular weight is 287 g/mol. The van der Waals surface area contributed by atoms with Crippen molar-refractivity contribution >= 4 is 0 Å². The number of aryl methyl sites for hydroxylation is 1. The van der Waals surface area contributed by atoms with Crippen LogP contribution in [0.2, 0.25) is 0 Å². The number of rotatable bonds is 3. The molecule has 2 aromatic carbocycles. The van der Waals surface area contributed by atoms with Crippen molar-refractivity contribution in [2.24, 2.45) is 5.73 Å². The minimum Gasteiger partial charge on any atom is -0.454 e. The second-order valence-electron chi connectivity index (χ2n) is 6.26. The van der Waals surface area contributed by atoms with Crippen LogP contribution >= 0.6 is 0 Å². The lowest BCUT2D eigenvalue weighted by Gasteiger charge is -2.21. The molecule has 0 unspecified atom stereocenters. The van der Waals surface area contributed by atoms with Gasteiger partial charge in [-0.05, 0) is 35.6 Å². The Morgan fingerprint density at radius 3 is 2.43 bits per heavy atom. The Balaban J connectivity index is 2.37. The summed E-state index contributed by atoms with van der Waals surface area (Å²) < 4.78 is 19.7. The first-order chi connectivity index (χ1) is 9.82. The Morgan fingerprint density at radius 2 is 1.86 bits per heavy atom. The van der Waals surface area contributed by atoms with E-state index in [1.54, 1.807) is 12.1 Å². The van der Waals surface area contributed by atoms with Crippen LogP contribution < -0.4 is 10.5 Å². The van der Waals surface area contributed by atoms with Gasteiger partial charge < -0.3 is 10.5 Å². The van der Waals surface area contributed by atoms with E-state index in [1.807, 2.05) is 19.1 Å². The normalized spacial score (nSPS) is 11.5. The number of benzene rings is 2. The van der Waals surface area contributed by atoms with E-state index < -0.39 is 5.82 Å². The van der Waals surface area contributed by atoms with Crippen molar-refractivity contribution in [2.75, 3.05) is 0 Å². The van der Waals surface area contributed by atoms with Gasteiger partial charge in [0.15, 0.2) is 11.6 Å². The van der Waals surface area contributed by atoms with Crippen LogP contribution in [0, 0.1) is 12.7 Å². The number of nitrogens with two attached hydrogens (primary N) is 1. The molecule has 2 aromatic rings. The van der Waals surface area contributed by atoms with Gasteiger partial charge in [-0.25, -0.2) is 4.39 Å². The van der Waals surface area contributed by atoms with Crippen molar-refractivity contribution in [3.8, 4) is 11.5 Å². The molecule has 0 fully saturated rings. The summed E-state index contributed by atoms with van der Waals surface area (Å²) in [6.45, 7) is 8.68. The molecule has 112 valence electrons. The molecule has 3 heteroatoms. The molecule has 0 aromatic heterocycles. The number of ether oxygens (including phenoxy) is 1. The summed E-state index contributed by atoms with van der Waals surface area (Å²) in [6, 6.07) is 10.8. The molecule has 0 atom stereocenters. The highest BCUT2D eigenvalue weighted by Gasteiger charge is 2.16. The molecule has 0 spiro atoms. The first-order valence-electron chi connectivity index (χ1n) is 7.09. The van der Waals surface area contributed by atoms with E-state index in [2.05, 4.69) is 26.8 Å². The zero-order chi connectivity index (χ0) is 15.6. The summed E-state index contributed by atoms with van der Waals surface area (Å²) >= 11 is 0. The Labute approximate surface area is 125 Å². The van der Waals surface area contributed by atoms with Gasteiger partial charge in [0.1, 0.15) is 5.75 Å². The van der Waals surface area contributed by atoms with Gasteiger partial charge in [0.2, 0.25) is 0 Å². The molecule has 2 nitrogen and oxygen atoms in total. The van der Waals surface area contributed by atoms with E-state index >= 15 is 0 Å². The van der Waals surface area contributed by atoms with E-state index in [0.29, 0.717) is 11.3 Å². The van der Waals surface area contributed by atoms with E-state index in [0.717, 1.165) is 5.56 Å². The third-order valence-electron chi connectivity index (χ3n) is 3.52. The van der Waals surface area contributed by atoms with Crippen LogP contribution in [0.4, 0.5) is 4.39 Å². The van der Waals surface area contributed by atoms with Crippen LogP contribution in [0.5, 0.6) is 11.5 Å². The van der Waals surface area contributed by atoms with Crippen LogP contribution in [0.1, 0.15) is 37.5 Å². The standard InChI is InChI=1S/C18H22FNO/c1-12-10-14(18(2,3)4)8-9-16(12)21-17-13(11-20)6-5-7-15(17)19/h5-10H,11,20H2,1-4H3. The van der Waals surface area contributed by atoms with Crippen molar-refractivity contribution in [1.82, 2.24) is 0 Å². The zero-order valence-electron chi connectivity index (χ0n) is 13.0. The first kappa shape index (κ1) is 15.5. The van der Waals surface area contributed by atoms with Crippen LogP contribution in [-0.2, 0) is 12.0 Å². The van der Waals surface area contributed by atoms with Gasteiger partial charge >= 0.3 is 0 Å². The molecule has 0 saturated heterocycles. The van der Waals surface area contributed by atoms with E-state index in [-0.39, 0.29) is 17.7 Å². The molecule has 0 aliphatic rings. The minimum absolute atomic E-state index is 0.0731. The van der Waals surface area contributed by atoms with Gasteiger partial charge in [0.25, 0.3) is 0 Å². The van der Waals surface area contributed by atoms with Crippen molar-refractivity contribution in [1.29, 1.82) is 0 Å². The molecule has 0 heterocycles. The van der Waals surface area contributed by atoms with Gasteiger partial charge in [0.05, 0.1) is 0 Å². The fourth-order valence-corrected chi connectivity index (χ4v) is 2.17. The highest BCUT2D eigenvalue weighted by molar-refractivity contribution is 5.44. The lowest BCUT2D eigenvalue weighted by Crippen LogP contribution is -2.11. The highest BCUT2D eigenvalue weighted by Crippen LogP contribution is 2.33. The summed E-state index contributed by atoms with van der Waals surface area (Å²) in [6.07, 6.45) is 0. The molecule has 0 aliphatic carbocycles. The molecule has 2 rings (SSSR count). The van der Waals surface area contributed by atoms with Crippen LogP contribution in [0.25, 0.3) is 0 Å². The van der Waals surface area contributed by atoms with E-state index in [1.165, 1.54) is 11.6 Å². The molecule has 21 heavy (non-hydrogen) atoms. The first-order valence-corrected chi connectivity index (χ1v) is 7.09. The average Bonchev–Trinajstić information content (AvgIpc) is 2.41. The molecule has 0 radical (unpaired) electrons. The van der Waals surface area contributed by atoms with Gasteiger partial charge in [-0.2, -0.15) is 0 Å². The van der Waals surface area contributed by atoms with E-state index in [4.69, 9.17) is 10.5 Å². The Bertz CT molecular complexity index is 644. The fourth-order valence-electron chi connectivity index (χ4n) is 2.17. The van der Waals surface area contributed by atoms with Crippen molar-refractivity contribution in [2.45, 2.75) is 39.7 Å². The Morgan fingerprint density at radius 1 is 1.14 bits per heavy atom. The summed E-state index contributed by atoms with van der Waals surface area (Å²) in [5.41, 5.74) is 8.58. The second-order valence-corrected chi connectivity index (χ2v) is 6.26. The second kappa shape index (κ2) is 5.86. The fraction of sp³-hybridized carbons (Fsp3) is 0.333. The Kier molecular flexibility index (Phi) is 4.33. The summed E-state index contributed by atoms with van der Waals surface area (Å²) in [4.78, 5) is 0. The van der Waals surface area contributed by atoms with Crippen LogP contribution in [-0.4, -0.2) is 0 Å². The van der Waals surface area contributed by atoms with Crippen molar-refractivity contribution in [3.05, 3.63) is 58.9 Å². The largest absolute Gasteiger partial charge is 0.454 e. The molecule has 0 bridgehead atoms. The van der Waals surface area contributed by atoms with Gasteiger partial charge in [-0.1, -0.05) is 45.0 Å². The van der Waals surface area contributed by atoms with Crippen LogP contribution in [0.15, 0.2) is 36.4 Å². The predicted molar refractivity (Wildman–Crippen MR) is 84.2 cm³/mol. The van der Waals surface area contributed by atoms with Gasteiger partial charge in [-0.15, -0.1) is 0 Å². The monoisotopic (exact) mass is 287 g/mol. The molecule has 0 saturated carbocycles. The maximum Gasteiger partial charge on any atom is 0.167 e. The summed E-state index contributed by atoms with van der Waals surface area (Å²) in [5, 5.41) is 0. The molecular formula is C18H22FNO. The number of hydrogen-bond acceptors (Lipinski definition) is 2.